The van der Waals surface area contributed by atoms with E-state index in [-0.39, 0.29) is 6.79 Å². The van der Waals surface area contributed by atoms with Crippen molar-refractivity contribution in [3.63, 3.8) is 0 Å². The topological polar surface area (TPSA) is 30.9 Å². The molecule has 30 heavy (non-hydrogen) atoms. The van der Waals surface area contributed by atoms with Gasteiger partial charge in [-0.3, -0.25) is 4.90 Å². The maximum atomic E-state index is 6.26. The monoisotopic (exact) mass is 401 g/mol. The predicted octanol–water partition coefficient (Wildman–Crippen LogP) is 5.10. The number of benzene rings is 3. The molecule has 0 spiro atoms. The van der Waals surface area contributed by atoms with Gasteiger partial charge in [0, 0.05) is 25.1 Å². The number of hydrogen-bond donors (Lipinski definition) is 0. The van der Waals surface area contributed by atoms with E-state index in [0.29, 0.717) is 18.4 Å². The normalized spacial score (nSPS) is 20.8. The second-order valence-electron chi connectivity index (χ2n) is 8.11. The Kier molecular flexibility index (Phi) is 5.58. The summed E-state index contributed by atoms with van der Waals surface area (Å²) >= 11 is 0. The van der Waals surface area contributed by atoms with Crippen LogP contribution in [0.3, 0.4) is 0 Å². The third kappa shape index (κ3) is 4.29. The van der Waals surface area contributed by atoms with Crippen molar-refractivity contribution < 1.29 is 14.2 Å². The van der Waals surface area contributed by atoms with Crippen LogP contribution < -0.4 is 14.2 Å². The van der Waals surface area contributed by atoms with Crippen molar-refractivity contribution in [3.8, 4) is 17.2 Å². The Morgan fingerprint density at radius 2 is 1.63 bits per heavy atom. The summed E-state index contributed by atoms with van der Waals surface area (Å²) in [6.45, 7) is 4.09. The van der Waals surface area contributed by atoms with E-state index in [4.69, 9.17) is 14.2 Å². The molecule has 3 aromatic rings. The Balaban J connectivity index is 1.30. The molecule has 0 radical (unpaired) electrons. The van der Waals surface area contributed by atoms with Crippen molar-refractivity contribution in [1.29, 1.82) is 0 Å². The van der Waals surface area contributed by atoms with E-state index in [1.807, 2.05) is 18.2 Å². The molecule has 2 heterocycles. The summed E-state index contributed by atoms with van der Waals surface area (Å²) in [6, 6.07) is 27.4. The van der Waals surface area contributed by atoms with E-state index < -0.39 is 0 Å². The molecule has 1 saturated heterocycles. The lowest BCUT2D eigenvalue weighted by Crippen LogP contribution is -2.41. The first-order valence-corrected chi connectivity index (χ1v) is 10.7. The van der Waals surface area contributed by atoms with E-state index in [1.165, 1.54) is 11.1 Å². The summed E-state index contributed by atoms with van der Waals surface area (Å²) in [5.41, 5.74) is 2.78. The minimum absolute atomic E-state index is 0.284. The number of hydrogen-bond acceptors (Lipinski definition) is 4. The van der Waals surface area contributed by atoms with Crippen LogP contribution in [0.15, 0.2) is 78.9 Å². The predicted molar refractivity (Wildman–Crippen MR) is 117 cm³/mol. The SMILES string of the molecule is c1ccc(CN2CC[C@@H](c3ccccc3)[C@H](COc3ccc4c(c3)OCO4)C2)cc1. The lowest BCUT2D eigenvalue weighted by molar-refractivity contribution is 0.106. The highest BCUT2D eigenvalue weighted by atomic mass is 16.7. The number of nitrogens with zero attached hydrogens (tertiary/aromatic N) is 1. The molecule has 5 rings (SSSR count). The van der Waals surface area contributed by atoms with Crippen molar-refractivity contribution in [2.24, 2.45) is 5.92 Å². The van der Waals surface area contributed by atoms with Gasteiger partial charge < -0.3 is 14.2 Å². The van der Waals surface area contributed by atoms with Crippen LogP contribution in [0.25, 0.3) is 0 Å². The van der Waals surface area contributed by atoms with Gasteiger partial charge in [0.2, 0.25) is 6.79 Å². The molecule has 0 aromatic heterocycles. The van der Waals surface area contributed by atoms with Gasteiger partial charge in [0.1, 0.15) is 5.75 Å². The van der Waals surface area contributed by atoms with Crippen molar-refractivity contribution in [1.82, 2.24) is 4.90 Å². The summed E-state index contributed by atoms with van der Waals surface area (Å²) in [4.78, 5) is 2.56. The molecule has 0 aliphatic carbocycles. The van der Waals surface area contributed by atoms with Crippen molar-refractivity contribution in [2.45, 2.75) is 18.9 Å². The number of likely N-dealkylation sites (tertiary alicyclic amines) is 1. The van der Waals surface area contributed by atoms with E-state index in [0.717, 1.165) is 43.3 Å². The Morgan fingerprint density at radius 1 is 0.867 bits per heavy atom. The van der Waals surface area contributed by atoms with Gasteiger partial charge in [-0.05, 0) is 42.1 Å². The smallest absolute Gasteiger partial charge is 0.231 e. The zero-order valence-corrected chi connectivity index (χ0v) is 17.1. The van der Waals surface area contributed by atoms with Gasteiger partial charge in [0.25, 0.3) is 0 Å². The fourth-order valence-corrected chi connectivity index (χ4v) is 4.57. The fourth-order valence-electron chi connectivity index (χ4n) is 4.57. The summed E-state index contributed by atoms with van der Waals surface area (Å²) < 4.78 is 17.2. The molecule has 0 saturated carbocycles. The molecule has 4 nitrogen and oxygen atoms in total. The molecular formula is C26H27NO3. The molecule has 4 heteroatoms. The quantitative estimate of drug-likeness (QED) is 0.575. The standard InChI is InChI=1S/C26H27NO3/c1-3-7-20(8-4-1)16-27-14-13-24(21-9-5-2-6-10-21)22(17-27)18-28-23-11-12-25-26(15-23)30-19-29-25/h1-12,15,22,24H,13-14,16-19H2/t22-,24-/m0/s1. The van der Waals surface area contributed by atoms with E-state index in [2.05, 4.69) is 65.6 Å². The molecule has 154 valence electrons. The highest BCUT2D eigenvalue weighted by Crippen LogP contribution is 2.37. The maximum absolute atomic E-state index is 6.26. The third-order valence-corrected chi connectivity index (χ3v) is 6.10. The van der Waals surface area contributed by atoms with Crippen LogP contribution in [-0.2, 0) is 6.54 Å². The van der Waals surface area contributed by atoms with Gasteiger partial charge in [-0.1, -0.05) is 60.7 Å². The van der Waals surface area contributed by atoms with Crippen LogP contribution in [0.1, 0.15) is 23.5 Å². The Labute approximate surface area is 178 Å². The second-order valence-corrected chi connectivity index (χ2v) is 8.11. The first kappa shape index (κ1) is 19.0. The molecule has 1 fully saturated rings. The maximum Gasteiger partial charge on any atom is 0.231 e. The molecule has 0 N–H and O–H groups in total. The first-order chi connectivity index (χ1) is 14.8. The lowest BCUT2D eigenvalue weighted by Gasteiger charge is -2.39. The molecule has 0 amide bonds. The summed E-state index contributed by atoms with van der Waals surface area (Å²) in [6.07, 6.45) is 1.14. The fraction of sp³-hybridized carbons (Fsp3) is 0.308. The van der Waals surface area contributed by atoms with Gasteiger partial charge in [0.15, 0.2) is 11.5 Å². The zero-order chi connectivity index (χ0) is 20.2. The lowest BCUT2D eigenvalue weighted by atomic mass is 9.80. The summed E-state index contributed by atoms with van der Waals surface area (Å²) in [7, 11) is 0. The average molecular weight is 402 g/mol. The molecule has 0 bridgehead atoms. The first-order valence-electron chi connectivity index (χ1n) is 10.7. The Morgan fingerprint density at radius 3 is 2.47 bits per heavy atom. The number of fused-ring (bicyclic) bond motifs is 1. The van der Waals surface area contributed by atoms with Crippen LogP contribution in [0.2, 0.25) is 0 Å². The van der Waals surface area contributed by atoms with Crippen molar-refractivity contribution >= 4 is 0 Å². The average Bonchev–Trinajstić information content (AvgIpc) is 3.27. The Bertz CT molecular complexity index is 961. The minimum Gasteiger partial charge on any atom is -0.493 e. The largest absolute Gasteiger partial charge is 0.493 e. The minimum atomic E-state index is 0.284. The molecule has 3 aromatic carbocycles. The summed E-state index contributed by atoms with van der Waals surface area (Å²) in [5, 5.41) is 0. The van der Waals surface area contributed by atoms with Crippen LogP contribution in [0.5, 0.6) is 17.2 Å². The van der Waals surface area contributed by atoms with Crippen LogP contribution >= 0.6 is 0 Å². The molecular weight excluding hydrogens is 374 g/mol. The van der Waals surface area contributed by atoms with Gasteiger partial charge in [-0.15, -0.1) is 0 Å². The number of rotatable bonds is 6. The Hall–Kier alpha value is -2.98. The van der Waals surface area contributed by atoms with Crippen LogP contribution in [-0.4, -0.2) is 31.4 Å². The van der Waals surface area contributed by atoms with E-state index in [1.54, 1.807) is 0 Å². The molecule has 2 aliphatic rings. The third-order valence-electron chi connectivity index (χ3n) is 6.10. The van der Waals surface area contributed by atoms with Crippen molar-refractivity contribution in [3.05, 3.63) is 90.0 Å². The van der Waals surface area contributed by atoms with Gasteiger partial charge in [0.05, 0.1) is 6.61 Å². The van der Waals surface area contributed by atoms with Gasteiger partial charge >= 0.3 is 0 Å². The van der Waals surface area contributed by atoms with Crippen LogP contribution in [0, 0.1) is 5.92 Å². The second kappa shape index (κ2) is 8.80. The van der Waals surface area contributed by atoms with Crippen molar-refractivity contribution in [2.75, 3.05) is 26.5 Å². The number of piperidine rings is 1. The summed E-state index contributed by atoms with van der Waals surface area (Å²) in [5.74, 6) is 3.33. The molecule has 0 unspecified atom stereocenters. The zero-order valence-electron chi connectivity index (χ0n) is 17.1. The molecule has 2 aliphatic heterocycles. The van der Waals surface area contributed by atoms with Crippen LogP contribution in [0.4, 0.5) is 0 Å². The van der Waals surface area contributed by atoms with E-state index >= 15 is 0 Å². The van der Waals surface area contributed by atoms with Gasteiger partial charge in [-0.2, -0.15) is 0 Å². The number of ether oxygens (including phenoxy) is 3. The van der Waals surface area contributed by atoms with E-state index in [9.17, 15) is 0 Å². The highest BCUT2D eigenvalue weighted by Gasteiger charge is 2.31. The highest BCUT2D eigenvalue weighted by molar-refractivity contribution is 5.46. The van der Waals surface area contributed by atoms with Gasteiger partial charge in [-0.25, -0.2) is 0 Å². The molecule has 2 atom stereocenters.